The lowest BCUT2D eigenvalue weighted by Crippen LogP contribution is -2.35. The van der Waals surface area contributed by atoms with Gasteiger partial charge < -0.3 is 9.80 Å². The molecule has 0 saturated carbocycles. The van der Waals surface area contributed by atoms with Crippen LogP contribution < -0.4 is 0 Å². The van der Waals surface area contributed by atoms with Crippen LogP contribution in [0.1, 0.15) is 51.4 Å². The maximum Gasteiger partial charge on any atom is 0.222 e. The average molecular weight is 252 g/mol. The Morgan fingerprint density at radius 3 is 1.50 bits per heavy atom. The molecule has 18 heavy (non-hydrogen) atoms. The molecule has 2 fully saturated rings. The van der Waals surface area contributed by atoms with Gasteiger partial charge >= 0.3 is 0 Å². The predicted molar refractivity (Wildman–Crippen MR) is 70.1 cm³/mol. The summed E-state index contributed by atoms with van der Waals surface area (Å²) in [5.74, 6) is 0.475. The standard InChI is InChI=1S/C14H24N2O2/c17-13(15-9-2-1-3-10-15)7-6-8-14(18)16-11-4-5-12-16/h1-12H2. The topological polar surface area (TPSA) is 40.6 Å². The number of hydrogen-bond donors (Lipinski definition) is 0. The number of amides is 2. The van der Waals surface area contributed by atoms with E-state index in [0.717, 1.165) is 51.9 Å². The zero-order valence-electron chi connectivity index (χ0n) is 11.2. The minimum absolute atomic E-state index is 0.235. The number of hydrogen-bond acceptors (Lipinski definition) is 2. The summed E-state index contributed by atoms with van der Waals surface area (Å²) in [6.07, 6.45) is 7.59. The Labute approximate surface area is 109 Å². The number of piperidine rings is 1. The molecule has 0 spiro atoms. The number of carbonyl (C=O) groups is 2. The van der Waals surface area contributed by atoms with Crippen LogP contribution in [0.5, 0.6) is 0 Å². The van der Waals surface area contributed by atoms with Crippen LogP contribution in [0.15, 0.2) is 0 Å². The van der Waals surface area contributed by atoms with Gasteiger partial charge in [-0.3, -0.25) is 9.59 Å². The van der Waals surface area contributed by atoms with Crippen molar-refractivity contribution in [2.75, 3.05) is 26.2 Å². The van der Waals surface area contributed by atoms with E-state index in [1.54, 1.807) is 0 Å². The third-order valence-corrected chi connectivity index (χ3v) is 3.95. The number of nitrogens with zero attached hydrogens (tertiary/aromatic N) is 2. The zero-order chi connectivity index (χ0) is 12.8. The highest BCUT2D eigenvalue weighted by atomic mass is 16.2. The second-order valence-corrected chi connectivity index (χ2v) is 5.38. The first-order chi connectivity index (χ1) is 8.77. The minimum Gasteiger partial charge on any atom is -0.343 e. The van der Waals surface area contributed by atoms with E-state index in [9.17, 15) is 9.59 Å². The van der Waals surface area contributed by atoms with Gasteiger partial charge in [0.2, 0.25) is 11.8 Å². The van der Waals surface area contributed by atoms with Crippen molar-refractivity contribution in [3.05, 3.63) is 0 Å². The second-order valence-electron chi connectivity index (χ2n) is 5.38. The van der Waals surface area contributed by atoms with Crippen LogP contribution in [-0.2, 0) is 9.59 Å². The molecule has 2 aliphatic heterocycles. The quantitative estimate of drug-likeness (QED) is 0.765. The molecule has 4 nitrogen and oxygen atoms in total. The summed E-state index contributed by atoms with van der Waals surface area (Å²) >= 11 is 0. The summed E-state index contributed by atoms with van der Waals surface area (Å²) in [6, 6.07) is 0. The Morgan fingerprint density at radius 2 is 1.06 bits per heavy atom. The monoisotopic (exact) mass is 252 g/mol. The van der Waals surface area contributed by atoms with Crippen molar-refractivity contribution in [3.8, 4) is 0 Å². The first-order valence-electron chi connectivity index (χ1n) is 7.33. The maximum atomic E-state index is 11.9. The average Bonchev–Trinajstić information content (AvgIpc) is 2.93. The molecule has 2 saturated heterocycles. The van der Waals surface area contributed by atoms with Gasteiger partial charge in [-0.15, -0.1) is 0 Å². The summed E-state index contributed by atoms with van der Waals surface area (Å²) in [5, 5.41) is 0. The Bertz CT molecular complexity index is 292. The van der Waals surface area contributed by atoms with Crippen molar-refractivity contribution in [2.45, 2.75) is 51.4 Å². The molecule has 2 rings (SSSR count). The third-order valence-electron chi connectivity index (χ3n) is 3.95. The first kappa shape index (κ1) is 13.4. The van der Waals surface area contributed by atoms with Gasteiger partial charge in [0.05, 0.1) is 0 Å². The van der Waals surface area contributed by atoms with Crippen LogP contribution in [0.3, 0.4) is 0 Å². The van der Waals surface area contributed by atoms with E-state index in [-0.39, 0.29) is 11.8 Å². The minimum atomic E-state index is 0.235. The fraction of sp³-hybridized carbons (Fsp3) is 0.857. The lowest BCUT2D eigenvalue weighted by Gasteiger charge is -2.26. The molecule has 102 valence electrons. The van der Waals surface area contributed by atoms with Crippen LogP contribution >= 0.6 is 0 Å². The molecule has 0 aliphatic carbocycles. The molecule has 0 aromatic heterocycles. The van der Waals surface area contributed by atoms with Crippen molar-refractivity contribution >= 4 is 11.8 Å². The van der Waals surface area contributed by atoms with E-state index in [1.165, 1.54) is 6.42 Å². The highest BCUT2D eigenvalue weighted by Gasteiger charge is 2.19. The lowest BCUT2D eigenvalue weighted by molar-refractivity contribution is -0.133. The lowest BCUT2D eigenvalue weighted by atomic mass is 10.1. The van der Waals surface area contributed by atoms with E-state index >= 15 is 0 Å². The fourth-order valence-corrected chi connectivity index (χ4v) is 2.82. The van der Waals surface area contributed by atoms with E-state index < -0.39 is 0 Å². The van der Waals surface area contributed by atoms with Gasteiger partial charge in [0.25, 0.3) is 0 Å². The Kier molecular flexibility index (Phi) is 5.02. The Morgan fingerprint density at radius 1 is 0.667 bits per heavy atom. The van der Waals surface area contributed by atoms with Gasteiger partial charge in [-0.1, -0.05) is 0 Å². The van der Waals surface area contributed by atoms with Crippen molar-refractivity contribution in [1.82, 2.24) is 9.80 Å². The molecule has 0 N–H and O–H groups in total. The molecular weight excluding hydrogens is 228 g/mol. The smallest absolute Gasteiger partial charge is 0.222 e. The number of likely N-dealkylation sites (tertiary alicyclic amines) is 2. The van der Waals surface area contributed by atoms with E-state index in [0.29, 0.717) is 19.3 Å². The maximum absolute atomic E-state index is 11.9. The van der Waals surface area contributed by atoms with Crippen LogP contribution in [0.2, 0.25) is 0 Å². The molecule has 2 amide bonds. The van der Waals surface area contributed by atoms with Crippen molar-refractivity contribution < 1.29 is 9.59 Å². The van der Waals surface area contributed by atoms with Crippen molar-refractivity contribution in [3.63, 3.8) is 0 Å². The van der Waals surface area contributed by atoms with Gasteiger partial charge in [-0.25, -0.2) is 0 Å². The molecule has 2 heterocycles. The fourth-order valence-electron chi connectivity index (χ4n) is 2.82. The molecule has 2 aliphatic rings. The third kappa shape index (κ3) is 3.72. The van der Waals surface area contributed by atoms with E-state index in [2.05, 4.69) is 0 Å². The predicted octanol–water partition coefficient (Wildman–Crippen LogP) is 1.79. The van der Waals surface area contributed by atoms with Gasteiger partial charge in [-0.05, 0) is 38.5 Å². The normalized spacial score (nSPS) is 20.2. The van der Waals surface area contributed by atoms with Gasteiger partial charge in [-0.2, -0.15) is 0 Å². The van der Waals surface area contributed by atoms with Crippen LogP contribution in [-0.4, -0.2) is 47.8 Å². The van der Waals surface area contributed by atoms with Crippen LogP contribution in [0, 0.1) is 0 Å². The highest BCUT2D eigenvalue weighted by molar-refractivity contribution is 5.79. The Hall–Kier alpha value is -1.06. The Balaban J connectivity index is 1.62. The van der Waals surface area contributed by atoms with Gasteiger partial charge in [0.15, 0.2) is 0 Å². The molecule has 0 aromatic rings. The largest absolute Gasteiger partial charge is 0.343 e. The second kappa shape index (κ2) is 6.76. The molecular formula is C14H24N2O2. The van der Waals surface area contributed by atoms with Crippen LogP contribution in [0.4, 0.5) is 0 Å². The van der Waals surface area contributed by atoms with E-state index in [1.807, 2.05) is 9.80 Å². The molecule has 4 heteroatoms. The van der Waals surface area contributed by atoms with Crippen molar-refractivity contribution in [2.24, 2.45) is 0 Å². The zero-order valence-corrected chi connectivity index (χ0v) is 11.2. The molecule has 0 radical (unpaired) electrons. The summed E-state index contributed by atoms with van der Waals surface area (Å²) < 4.78 is 0. The van der Waals surface area contributed by atoms with E-state index in [4.69, 9.17) is 0 Å². The van der Waals surface area contributed by atoms with Crippen LogP contribution in [0.25, 0.3) is 0 Å². The van der Waals surface area contributed by atoms with Gasteiger partial charge in [0.1, 0.15) is 0 Å². The molecule has 0 bridgehead atoms. The van der Waals surface area contributed by atoms with Crippen molar-refractivity contribution in [1.29, 1.82) is 0 Å². The first-order valence-corrected chi connectivity index (χ1v) is 7.33. The summed E-state index contributed by atoms with van der Waals surface area (Å²) in [6.45, 7) is 3.66. The van der Waals surface area contributed by atoms with Gasteiger partial charge in [0, 0.05) is 39.0 Å². The number of rotatable bonds is 4. The number of carbonyl (C=O) groups excluding carboxylic acids is 2. The molecule has 0 aromatic carbocycles. The summed E-state index contributed by atoms with van der Waals surface area (Å²) in [5.41, 5.74) is 0. The highest BCUT2D eigenvalue weighted by Crippen LogP contribution is 2.13. The summed E-state index contributed by atoms with van der Waals surface area (Å²) in [4.78, 5) is 27.6. The molecule has 0 unspecified atom stereocenters. The summed E-state index contributed by atoms with van der Waals surface area (Å²) in [7, 11) is 0. The molecule has 0 atom stereocenters. The SMILES string of the molecule is O=C(CCCC(=O)N1CCCC1)N1CCCCC1.